The van der Waals surface area contributed by atoms with E-state index in [-0.39, 0.29) is 29.0 Å². The van der Waals surface area contributed by atoms with Gasteiger partial charge >= 0.3 is 5.57 Å². The average Bonchev–Trinajstić information content (AvgIpc) is 3.38. The predicted molar refractivity (Wildman–Crippen MR) is 132 cm³/mol. The fourth-order valence-corrected chi connectivity index (χ4v) is 4.14. The number of rotatable bonds is 8. The van der Waals surface area contributed by atoms with Gasteiger partial charge in [0.05, 0.1) is 17.4 Å². The molecule has 2 aliphatic rings. The largest absolute Gasteiger partial charge is 0.487 e. The second-order valence-corrected chi connectivity index (χ2v) is 9.34. The highest BCUT2D eigenvalue weighted by molar-refractivity contribution is 6.20. The van der Waals surface area contributed by atoms with Crippen LogP contribution in [0.2, 0.25) is 0 Å². The molecule has 13 heteroatoms. The molecular formula is C24H23ClF2N6O4. The van der Waals surface area contributed by atoms with E-state index in [2.05, 4.69) is 30.6 Å². The molecule has 194 valence electrons. The summed E-state index contributed by atoms with van der Waals surface area (Å²) in [4.78, 5) is 32.5. The average molecular weight is 533 g/mol. The first kappa shape index (κ1) is 24.9. The van der Waals surface area contributed by atoms with Crippen LogP contribution < -0.4 is 20.3 Å². The Kier molecular flexibility index (Phi) is 6.69. The van der Waals surface area contributed by atoms with Crippen molar-refractivity contribution in [3.63, 3.8) is 0 Å². The zero-order chi connectivity index (χ0) is 26.2. The molecule has 1 aliphatic carbocycles. The first-order valence-electron chi connectivity index (χ1n) is 11.6. The maximum Gasteiger partial charge on any atom is 0.487 e. The highest BCUT2D eigenvalue weighted by Crippen LogP contribution is 2.36. The Bertz CT molecular complexity index is 1300. The molecule has 0 spiro atoms. The van der Waals surface area contributed by atoms with E-state index in [1.165, 1.54) is 24.3 Å². The van der Waals surface area contributed by atoms with E-state index in [4.69, 9.17) is 11.6 Å². The summed E-state index contributed by atoms with van der Waals surface area (Å²) in [5, 5.41) is 22.4. The number of pyridine rings is 1. The lowest BCUT2D eigenvalue weighted by molar-refractivity contribution is -0.117. The van der Waals surface area contributed by atoms with Crippen LogP contribution >= 0.6 is 11.6 Å². The van der Waals surface area contributed by atoms with Crippen LogP contribution in [0.4, 0.5) is 26.1 Å². The number of hydrogen-bond donors (Lipinski definition) is 4. The molecule has 2 amide bonds. The fraction of sp³-hybridized carbons (Fsp3) is 0.333. The van der Waals surface area contributed by atoms with Gasteiger partial charge in [0.25, 0.3) is 5.91 Å². The molecule has 0 unspecified atom stereocenters. The monoisotopic (exact) mass is 532 g/mol. The number of anilines is 3. The van der Waals surface area contributed by atoms with Crippen molar-refractivity contribution in [2.45, 2.75) is 30.9 Å². The van der Waals surface area contributed by atoms with E-state index in [0.717, 1.165) is 12.8 Å². The lowest BCUT2D eigenvalue weighted by Gasteiger charge is -2.22. The van der Waals surface area contributed by atoms with Gasteiger partial charge in [-0.05, 0) is 55.7 Å². The Morgan fingerprint density at radius 2 is 1.92 bits per heavy atom. The molecule has 1 aliphatic heterocycles. The second-order valence-electron chi connectivity index (χ2n) is 8.90. The summed E-state index contributed by atoms with van der Waals surface area (Å²) in [5.41, 5.74) is -2.31. The number of benzene rings is 1. The normalized spacial score (nSPS) is 17.5. The maximum absolute atomic E-state index is 13.4. The minimum absolute atomic E-state index is 0.0794. The number of aliphatic hydroxyl groups is 1. The summed E-state index contributed by atoms with van der Waals surface area (Å²) in [6, 6.07) is 8.55. The van der Waals surface area contributed by atoms with E-state index in [1.54, 1.807) is 18.3 Å². The smallest absolute Gasteiger partial charge is 0.420 e. The van der Waals surface area contributed by atoms with Gasteiger partial charge in [-0.15, -0.1) is 8.78 Å². The summed E-state index contributed by atoms with van der Waals surface area (Å²) >= 11 is 4.79. The van der Waals surface area contributed by atoms with E-state index in [0.29, 0.717) is 42.3 Å². The number of carbonyl (C=O) groups is 2. The van der Waals surface area contributed by atoms with Gasteiger partial charge < -0.3 is 25.4 Å². The van der Waals surface area contributed by atoms with Gasteiger partial charge in [-0.1, -0.05) is 0 Å². The van der Waals surface area contributed by atoms with Crippen molar-refractivity contribution in [3.05, 3.63) is 48.2 Å². The topological polar surface area (TPSA) is 132 Å². The summed E-state index contributed by atoms with van der Waals surface area (Å²) in [6.07, 6.45) is 3.13. The molecule has 37 heavy (non-hydrogen) atoms. The van der Waals surface area contributed by atoms with Crippen LogP contribution in [-0.4, -0.2) is 56.9 Å². The predicted octanol–water partition coefficient (Wildman–Crippen LogP) is 3.81. The number of H-pyrrole nitrogens is 1. The first-order chi connectivity index (χ1) is 17.7. The van der Waals surface area contributed by atoms with Gasteiger partial charge in [0.2, 0.25) is 5.91 Å². The Balaban J connectivity index is 1.49. The molecule has 0 bridgehead atoms. The number of amides is 2. The summed E-state index contributed by atoms with van der Waals surface area (Å²) in [5.74, 6) is -0.552. The van der Waals surface area contributed by atoms with Crippen LogP contribution in [0.3, 0.4) is 0 Å². The van der Waals surface area contributed by atoms with Gasteiger partial charge in [0.15, 0.2) is 0 Å². The molecule has 1 saturated carbocycles. The van der Waals surface area contributed by atoms with Crippen molar-refractivity contribution in [2.75, 3.05) is 28.6 Å². The number of ether oxygens (including phenoxy) is 1. The maximum atomic E-state index is 13.4. The number of aromatic nitrogens is 3. The van der Waals surface area contributed by atoms with Crippen LogP contribution in [0.25, 0.3) is 11.3 Å². The van der Waals surface area contributed by atoms with Gasteiger partial charge in [-0.25, -0.2) is 4.98 Å². The van der Waals surface area contributed by atoms with Crippen LogP contribution in [-0.2, 0) is 4.79 Å². The summed E-state index contributed by atoms with van der Waals surface area (Å²) in [7, 11) is 0. The summed E-state index contributed by atoms with van der Waals surface area (Å²) < 4.78 is 30.0. The number of β-amino-alcohol motifs (C(OH)–C–C–N with tert-alkyl or cyclic N) is 1. The molecule has 0 radical (unpaired) electrons. The molecule has 2 aromatic heterocycles. The molecule has 5 rings (SSSR count). The molecule has 1 aromatic carbocycles. The number of nitrogens with zero attached hydrogens (tertiary/aromatic N) is 3. The quantitative estimate of drug-likeness (QED) is 0.324. The standard InChI is InChI=1S/C24H23ClF2N6O4/c25-24(26,27)37-16-5-3-14(4-6-16)29-23(36)18-11-17(19-7-9-28-32-19)21(33-10-8-15(34)12-33)30-20(18)31-22(35)13-1-2-13/h3-7,9,11,13,15,34H,1-2,8,10,12H2,(H,28,32)(H,29,36)(H,30,31,35)/t15-/m0/s1. The van der Waals surface area contributed by atoms with Crippen molar-refractivity contribution in [3.8, 4) is 17.0 Å². The molecular weight excluding hydrogens is 510 g/mol. The number of halogens is 3. The molecule has 1 saturated heterocycles. The Hall–Kier alpha value is -3.77. The van der Waals surface area contributed by atoms with Gasteiger partial charge in [0, 0.05) is 48.1 Å². The third-order valence-corrected chi connectivity index (χ3v) is 6.11. The van der Waals surface area contributed by atoms with Crippen LogP contribution in [0.1, 0.15) is 29.6 Å². The molecule has 3 aromatic rings. The summed E-state index contributed by atoms with van der Waals surface area (Å²) in [6.45, 7) is 0.901. The minimum Gasteiger partial charge on any atom is -0.420 e. The Morgan fingerprint density at radius 3 is 2.51 bits per heavy atom. The highest BCUT2D eigenvalue weighted by Gasteiger charge is 2.33. The lowest BCUT2D eigenvalue weighted by atomic mass is 10.1. The number of aliphatic hydroxyl groups excluding tert-OH is 1. The molecule has 4 N–H and O–H groups in total. The van der Waals surface area contributed by atoms with Crippen molar-refractivity contribution >= 4 is 40.7 Å². The van der Waals surface area contributed by atoms with Crippen molar-refractivity contribution in [1.29, 1.82) is 0 Å². The number of hydrogen-bond acceptors (Lipinski definition) is 7. The van der Waals surface area contributed by atoms with Crippen molar-refractivity contribution < 1.29 is 28.2 Å². The number of carbonyl (C=O) groups excluding carboxylic acids is 2. The van der Waals surface area contributed by atoms with Gasteiger partial charge in [-0.2, -0.15) is 5.10 Å². The number of nitrogens with one attached hydrogen (secondary N) is 3. The second kappa shape index (κ2) is 9.94. The van der Waals surface area contributed by atoms with E-state index in [1.807, 2.05) is 4.90 Å². The first-order valence-corrected chi connectivity index (χ1v) is 12.0. The zero-order valence-corrected chi connectivity index (χ0v) is 20.1. The SMILES string of the molecule is O=C(Nc1ccc(OC(F)(F)Cl)cc1)c1cc(-c2ccn[nH]2)c(N2CC[C@H](O)C2)nc1NC(=O)C1CC1. The van der Waals surface area contributed by atoms with Crippen LogP contribution in [0.15, 0.2) is 42.6 Å². The van der Waals surface area contributed by atoms with Crippen molar-refractivity contribution in [2.24, 2.45) is 5.92 Å². The Morgan fingerprint density at radius 1 is 1.16 bits per heavy atom. The van der Waals surface area contributed by atoms with Crippen LogP contribution in [0.5, 0.6) is 5.75 Å². The molecule has 3 heterocycles. The molecule has 2 fully saturated rings. The number of alkyl halides is 3. The van der Waals surface area contributed by atoms with Gasteiger partial charge in [0.1, 0.15) is 17.4 Å². The zero-order valence-electron chi connectivity index (χ0n) is 19.4. The lowest BCUT2D eigenvalue weighted by Crippen LogP contribution is -2.26. The highest BCUT2D eigenvalue weighted by atomic mass is 35.5. The molecule has 1 atom stereocenters. The fourth-order valence-electron chi connectivity index (χ4n) is 4.05. The van der Waals surface area contributed by atoms with E-state index >= 15 is 0 Å². The van der Waals surface area contributed by atoms with Gasteiger partial charge in [-0.3, -0.25) is 14.7 Å². The Labute approximate surface area is 215 Å². The number of aromatic amines is 1. The van der Waals surface area contributed by atoms with E-state index < -0.39 is 17.6 Å². The van der Waals surface area contributed by atoms with E-state index in [9.17, 15) is 23.5 Å². The minimum atomic E-state index is -3.86. The third-order valence-electron chi connectivity index (χ3n) is 6.04. The van der Waals surface area contributed by atoms with Crippen molar-refractivity contribution in [1.82, 2.24) is 15.2 Å². The molecule has 10 nitrogen and oxygen atoms in total. The third kappa shape index (κ3) is 5.97. The van der Waals surface area contributed by atoms with Crippen LogP contribution in [0, 0.1) is 5.92 Å².